The minimum atomic E-state index is 0. The monoisotopic (exact) mass is 393 g/mol. The van der Waals surface area contributed by atoms with Gasteiger partial charge in [0.05, 0.1) is 6.04 Å². The van der Waals surface area contributed by atoms with Gasteiger partial charge in [-0.2, -0.15) is 10.1 Å². The van der Waals surface area contributed by atoms with Crippen LogP contribution in [0.15, 0.2) is 40.3 Å². The van der Waals surface area contributed by atoms with Crippen LogP contribution in [0.5, 0.6) is 0 Å². The maximum absolute atomic E-state index is 5.47. The highest BCUT2D eigenvalue weighted by Gasteiger charge is 2.25. The Hall–Kier alpha value is -1.94. The molecule has 1 aromatic carbocycles. The van der Waals surface area contributed by atoms with Gasteiger partial charge in [-0.15, -0.1) is 12.4 Å². The van der Waals surface area contributed by atoms with Crippen molar-refractivity contribution in [1.82, 2.24) is 35.5 Å². The first-order valence-corrected chi connectivity index (χ1v) is 9.10. The predicted molar refractivity (Wildman–Crippen MR) is 101 cm³/mol. The van der Waals surface area contributed by atoms with E-state index in [1.807, 2.05) is 12.1 Å². The summed E-state index contributed by atoms with van der Waals surface area (Å²) in [5, 5.41) is 15.0. The lowest BCUT2D eigenvalue weighted by molar-refractivity contribution is 0.190. The number of benzene rings is 1. The number of thioether (sulfide) groups is 1. The van der Waals surface area contributed by atoms with Gasteiger partial charge in [-0.25, -0.2) is 4.98 Å². The van der Waals surface area contributed by atoms with Crippen molar-refractivity contribution in [2.45, 2.75) is 17.0 Å². The molecule has 10 heteroatoms. The quantitative estimate of drug-likeness (QED) is 0.636. The zero-order valence-electron chi connectivity index (χ0n) is 14.3. The zero-order chi connectivity index (χ0) is 17.1. The number of halogens is 1. The summed E-state index contributed by atoms with van der Waals surface area (Å²) in [6, 6.07) is 8.31. The number of aromatic nitrogens is 5. The normalized spacial score (nSPS) is 17.8. The Balaban J connectivity index is 0.00000196. The van der Waals surface area contributed by atoms with Gasteiger partial charge >= 0.3 is 0 Å². The average molecular weight is 394 g/mol. The third-order valence-corrected chi connectivity index (χ3v) is 5.17. The Bertz CT molecular complexity index is 808. The Morgan fingerprint density at radius 3 is 2.88 bits per heavy atom. The molecule has 1 atom stereocenters. The Morgan fingerprint density at radius 2 is 2.15 bits per heavy atom. The second-order valence-electron chi connectivity index (χ2n) is 5.93. The summed E-state index contributed by atoms with van der Waals surface area (Å²) in [6.07, 6.45) is 1.51. The molecular formula is C16H20ClN7OS. The van der Waals surface area contributed by atoms with Crippen LogP contribution < -0.4 is 5.32 Å². The molecule has 3 heterocycles. The fourth-order valence-electron chi connectivity index (χ4n) is 2.74. The van der Waals surface area contributed by atoms with Crippen molar-refractivity contribution in [3.05, 3.63) is 42.0 Å². The largest absolute Gasteiger partial charge is 0.334 e. The zero-order valence-corrected chi connectivity index (χ0v) is 15.9. The summed E-state index contributed by atoms with van der Waals surface area (Å²) in [5.41, 5.74) is 2.12. The summed E-state index contributed by atoms with van der Waals surface area (Å²) in [7, 11) is 2.09. The van der Waals surface area contributed by atoms with E-state index in [1.165, 1.54) is 11.9 Å². The second kappa shape index (κ2) is 8.63. The number of rotatable bonds is 5. The second-order valence-corrected chi connectivity index (χ2v) is 6.90. The maximum Gasteiger partial charge on any atom is 0.257 e. The van der Waals surface area contributed by atoms with Crippen molar-refractivity contribution < 1.29 is 4.52 Å². The molecule has 0 saturated carbocycles. The van der Waals surface area contributed by atoms with Crippen LogP contribution in [-0.2, 0) is 5.75 Å². The lowest BCUT2D eigenvalue weighted by Gasteiger charge is -2.30. The number of hydrogen-bond donors (Lipinski definition) is 2. The van der Waals surface area contributed by atoms with Crippen molar-refractivity contribution in [1.29, 1.82) is 0 Å². The third kappa shape index (κ3) is 4.24. The molecule has 0 radical (unpaired) electrons. The molecule has 0 spiro atoms. The number of nitrogens with zero attached hydrogens (tertiary/aromatic N) is 5. The van der Waals surface area contributed by atoms with Crippen LogP contribution in [0.2, 0.25) is 0 Å². The van der Waals surface area contributed by atoms with E-state index in [9.17, 15) is 0 Å². The number of H-pyrrole nitrogens is 1. The van der Waals surface area contributed by atoms with Crippen LogP contribution in [-0.4, -0.2) is 56.9 Å². The lowest BCUT2D eigenvalue weighted by Crippen LogP contribution is -2.44. The van der Waals surface area contributed by atoms with Crippen molar-refractivity contribution in [3.63, 3.8) is 0 Å². The van der Waals surface area contributed by atoms with Gasteiger partial charge in [0.2, 0.25) is 0 Å². The summed E-state index contributed by atoms with van der Waals surface area (Å²) in [5.74, 6) is 2.11. The molecule has 1 aliphatic rings. The number of nitrogens with one attached hydrogen (secondary N) is 2. The predicted octanol–water partition coefficient (Wildman–Crippen LogP) is 2.14. The molecule has 1 fully saturated rings. The van der Waals surface area contributed by atoms with E-state index in [2.05, 4.69) is 54.7 Å². The first-order chi connectivity index (χ1) is 12.3. The molecule has 138 valence electrons. The highest BCUT2D eigenvalue weighted by Crippen LogP contribution is 2.24. The van der Waals surface area contributed by atoms with Gasteiger partial charge in [-0.05, 0) is 24.7 Å². The Morgan fingerprint density at radius 1 is 1.31 bits per heavy atom. The van der Waals surface area contributed by atoms with Gasteiger partial charge in [0.25, 0.3) is 5.89 Å². The van der Waals surface area contributed by atoms with E-state index in [-0.39, 0.29) is 18.4 Å². The van der Waals surface area contributed by atoms with Crippen LogP contribution in [0.1, 0.15) is 17.4 Å². The van der Waals surface area contributed by atoms with Crippen molar-refractivity contribution in [2.24, 2.45) is 0 Å². The summed E-state index contributed by atoms with van der Waals surface area (Å²) in [4.78, 5) is 10.9. The van der Waals surface area contributed by atoms with E-state index in [0.29, 0.717) is 5.89 Å². The SMILES string of the molecule is CN1CCNCC1c1noc(-c2ccc(CSc3ncn[nH]3)cc2)n1.Cl. The van der Waals surface area contributed by atoms with Gasteiger partial charge in [-0.3, -0.25) is 10.00 Å². The summed E-state index contributed by atoms with van der Waals surface area (Å²) in [6.45, 7) is 2.81. The molecular weight excluding hydrogens is 374 g/mol. The molecule has 3 aromatic rings. The van der Waals surface area contributed by atoms with E-state index < -0.39 is 0 Å². The van der Waals surface area contributed by atoms with Crippen LogP contribution in [0.3, 0.4) is 0 Å². The van der Waals surface area contributed by atoms with Crippen molar-refractivity contribution in [2.75, 3.05) is 26.7 Å². The standard InChI is InChI=1S/C16H19N7OS.ClH/c1-23-7-6-17-8-13(23)14-20-15(24-22-14)12-4-2-11(3-5-12)9-25-16-18-10-19-21-16;/h2-5,10,13,17H,6-9H2,1H3,(H,18,19,21);1H. The highest BCUT2D eigenvalue weighted by molar-refractivity contribution is 7.98. The van der Waals surface area contributed by atoms with Gasteiger partial charge in [-0.1, -0.05) is 29.1 Å². The molecule has 0 amide bonds. The molecule has 26 heavy (non-hydrogen) atoms. The molecule has 2 aromatic heterocycles. The van der Waals surface area contributed by atoms with Crippen LogP contribution in [0, 0.1) is 0 Å². The molecule has 4 rings (SSSR count). The van der Waals surface area contributed by atoms with Crippen LogP contribution >= 0.6 is 24.2 Å². The van der Waals surface area contributed by atoms with Gasteiger partial charge in [0.15, 0.2) is 11.0 Å². The van der Waals surface area contributed by atoms with E-state index >= 15 is 0 Å². The Kier molecular flexibility index (Phi) is 6.25. The van der Waals surface area contributed by atoms with E-state index in [0.717, 1.165) is 41.9 Å². The molecule has 0 bridgehead atoms. The number of piperazine rings is 1. The first-order valence-electron chi connectivity index (χ1n) is 8.11. The van der Waals surface area contributed by atoms with Crippen molar-refractivity contribution >= 4 is 24.2 Å². The first kappa shape index (κ1) is 18.8. The van der Waals surface area contributed by atoms with Crippen molar-refractivity contribution in [3.8, 4) is 11.5 Å². The molecule has 8 nitrogen and oxygen atoms in total. The molecule has 0 aliphatic carbocycles. The van der Waals surface area contributed by atoms with E-state index in [4.69, 9.17) is 4.52 Å². The van der Waals surface area contributed by atoms with Gasteiger partial charge < -0.3 is 9.84 Å². The van der Waals surface area contributed by atoms with Gasteiger partial charge in [0, 0.05) is 31.0 Å². The number of aromatic amines is 1. The molecule has 1 saturated heterocycles. The van der Waals surface area contributed by atoms with Crippen LogP contribution in [0.25, 0.3) is 11.5 Å². The summed E-state index contributed by atoms with van der Waals surface area (Å²) >= 11 is 1.61. The van der Waals surface area contributed by atoms with Crippen LogP contribution in [0.4, 0.5) is 0 Å². The molecule has 1 aliphatic heterocycles. The maximum atomic E-state index is 5.47. The minimum Gasteiger partial charge on any atom is -0.334 e. The fourth-order valence-corrected chi connectivity index (χ4v) is 3.48. The third-order valence-electron chi connectivity index (χ3n) is 4.22. The molecule has 2 N–H and O–H groups in total. The fraction of sp³-hybridized carbons (Fsp3) is 0.375. The Labute approximate surface area is 161 Å². The minimum absolute atomic E-state index is 0. The molecule has 1 unspecified atom stereocenters. The number of likely N-dealkylation sites (N-methyl/N-ethyl adjacent to an activating group) is 1. The highest BCUT2D eigenvalue weighted by atomic mass is 35.5. The summed E-state index contributed by atoms with van der Waals surface area (Å²) < 4.78 is 5.47. The smallest absolute Gasteiger partial charge is 0.257 e. The topological polar surface area (TPSA) is 95.8 Å². The van der Waals surface area contributed by atoms with Gasteiger partial charge in [0.1, 0.15) is 6.33 Å². The van der Waals surface area contributed by atoms with E-state index in [1.54, 1.807) is 11.8 Å². The number of hydrogen-bond acceptors (Lipinski definition) is 8. The average Bonchev–Trinajstić information content (AvgIpc) is 3.33. The lowest BCUT2D eigenvalue weighted by atomic mass is 10.1.